The van der Waals surface area contributed by atoms with Gasteiger partial charge in [-0.1, -0.05) is 12.1 Å². The Balaban J connectivity index is 1.82. The van der Waals surface area contributed by atoms with Crippen LogP contribution in [0.4, 0.5) is 4.39 Å². The zero-order chi connectivity index (χ0) is 18.3. The number of fused-ring (bicyclic) bond motifs is 1. The normalized spacial score (nSPS) is 18.8. The fourth-order valence-corrected chi connectivity index (χ4v) is 3.56. The Kier molecular flexibility index (Phi) is 4.39. The van der Waals surface area contributed by atoms with Gasteiger partial charge in [-0.05, 0) is 68.7 Å². The van der Waals surface area contributed by atoms with Gasteiger partial charge < -0.3 is 9.47 Å². The summed E-state index contributed by atoms with van der Waals surface area (Å²) in [6.07, 6.45) is 4.17. The molecule has 0 spiro atoms. The van der Waals surface area contributed by atoms with Crippen LogP contribution in [0.25, 0.3) is 11.1 Å². The van der Waals surface area contributed by atoms with Gasteiger partial charge in [-0.15, -0.1) is 0 Å². The summed E-state index contributed by atoms with van der Waals surface area (Å²) in [5.74, 6) is 0.211. The summed E-state index contributed by atoms with van der Waals surface area (Å²) >= 11 is 0. The van der Waals surface area contributed by atoms with Crippen molar-refractivity contribution in [2.75, 3.05) is 6.61 Å². The van der Waals surface area contributed by atoms with E-state index in [1.807, 2.05) is 13.0 Å². The number of halogens is 1. The first-order chi connectivity index (χ1) is 12.6. The minimum atomic E-state index is -0.513. The summed E-state index contributed by atoms with van der Waals surface area (Å²) in [5.41, 5.74) is 3.03. The van der Waals surface area contributed by atoms with Gasteiger partial charge in [-0.3, -0.25) is 0 Å². The summed E-state index contributed by atoms with van der Waals surface area (Å²) in [5, 5.41) is 0. The molecule has 2 heterocycles. The maximum atomic E-state index is 14.6. The van der Waals surface area contributed by atoms with E-state index in [4.69, 9.17) is 9.47 Å². The third-order valence-corrected chi connectivity index (χ3v) is 5.08. The molecule has 2 aliphatic rings. The molecule has 0 amide bonds. The van der Waals surface area contributed by atoms with E-state index in [1.54, 1.807) is 19.1 Å². The van der Waals surface area contributed by atoms with Gasteiger partial charge in [0.25, 0.3) is 0 Å². The molecule has 1 aliphatic carbocycles. The summed E-state index contributed by atoms with van der Waals surface area (Å²) in [6.45, 7) is 3.86. The number of ether oxygens (including phenoxy) is 2. The number of nitrogens with zero attached hydrogens (tertiary/aromatic N) is 1. The van der Waals surface area contributed by atoms with E-state index in [-0.39, 0.29) is 24.2 Å². The first kappa shape index (κ1) is 17.0. The molecule has 0 bridgehead atoms. The smallest absolute Gasteiger partial charge is 0.357 e. The Morgan fingerprint density at radius 3 is 2.77 bits per heavy atom. The minimum absolute atomic E-state index is 0.142. The number of carbonyl (C=O) groups is 1. The van der Waals surface area contributed by atoms with Crippen molar-refractivity contribution in [3.63, 3.8) is 0 Å². The largest absolute Gasteiger partial charge is 0.474 e. The summed E-state index contributed by atoms with van der Waals surface area (Å²) in [7, 11) is 0. The van der Waals surface area contributed by atoms with Crippen LogP contribution in [-0.2, 0) is 11.2 Å². The molecule has 0 radical (unpaired) electrons. The second kappa shape index (κ2) is 6.71. The monoisotopic (exact) mass is 355 g/mol. The Hall–Kier alpha value is -2.43. The van der Waals surface area contributed by atoms with Gasteiger partial charge in [0.15, 0.2) is 5.69 Å². The third kappa shape index (κ3) is 3.18. The molecule has 4 rings (SSSR count). The van der Waals surface area contributed by atoms with E-state index >= 15 is 0 Å². The molecule has 136 valence electrons. The minimum Gasteiger partial charge on any atom is -0.474 e. The number of hydrogen-bond donors (Lipinski definition) is 0. The second-order valence-electron chi connectivity index (χ2n) is 7.07. The highest BCUT2D eigenvalue weighted by Gasteiger charge is 2.37. The molecular weight excluding hydrogens is 333 g/mol. The van der Waals surface area contributed by atoms with Crippen molar-refractivity contribution in [2.24, 2.45) is 5.92 Å². The topological polar surface area (TPSA) is 48.4 Å². The average molecular weight is 355 g/mol. The van der Waals surface area contributed by atoms with Gasteiger partial charge in [-0.2, -0.15) is 0 Å². The SMILES string of the molecule is CCOC(=O)c1cc(-c2ccc(C)cc2F)c2c(n1)OC(C1CC1)CC2. The van der Waals surface area contributed by atoms with Crippen LogP contribution < -0.4 is 4.74 Å². The fourth-order valence-electron chi connectivity index (χ4n) is 3.56. The van der Waals surface area contributed by atoms with Crippen LogP contribution in [0.3, 0.4) is 0 Å². The van der Waals surface area contributed by atoms with Gasteiger partial charge in [0.2, 0.25) is 5.88 Å². The van der Waals surface area contributed by atoms with Crippen molar-refractivity contribution >= 4 is 5.97 Å². The Morgan fingerprint density at radius 1 is 1.27 bits per heavy atom. The van der Waals surface area contributed by atoms with Crippen molar-refractivity contribution in [1.82, 2.24) is 4.98 Å². The molecule has 1 unspecified atom stereocenters. The van der Waals surface area contributed by atoms with Crippen molar-refractivity contribution in [2.45, 2.75) is 45.6 Å². The highest BCUT2D eigenvalue weighted by Crippen LogP contribution is 2.43. The van der Waals surface area contributed by atoms with E-state index in [0.717, 1.165) is 24.0 Å². The van der Waals surface area contributed by atoms with Crippen molar-refractivity contribution < 1.29 is 18.7 Å². The van der Waals surface area contributed by atoms with Crippen LogP contribution in [0.5, 0.6) is 5.88 Å². The number of hydrogen-bond acceptors (Lipinski definition) is 4. The lowest BCUT2D eigenvalue weighted by Gasteiger charge is -2.27. The predicted molar refractivity (Wildman–Crippen MR) is 95.8 cm³/mol. The summed E-state index contributed by atoms with van der Waals surface area (Å²) in [6, 6.07) is 6.75. The van der Waals surface area contributed by atoms with E-state index in [9.17, 15) is 9.18 Å². The zero-order valence-corrected chi connectivity index (χ0v) is 15.0. The predicted octanol–water partition coefficient (Wildman–Crippen LogP) is 4.48. The quantitative estimate of drug-likeness (QED) is 0.759. The molecule has 1 saturated carbocycles. The van der Waals surface area contributed by atoms with Crippen LogP contribution in [-0.4, -0.2) is 23.7 Å². The number of rotatable bonds is 4. The molecule has 5 heteroatoms. The van der Waals surface area contributed by atoms with Crippen LogP contribution in [0.15, 0.2) is 24.3 Å². The first-order valence-corrected chi connectivity index (χ1v) is 9.21. The van der Waals surface area contributed by atoms with Crippen molar-refractivity contribution in [3.05, 3.63) is 46.9 Å². The van der Waals surface area contributed by atoms with Crippen molar-refractivity contribution in [1.29, 1.82) is 0 Å². The number of esters is 1. The van der Waals surface area contributed by atoms with E-state index in [0.29, 0.717) is 22.9 Å². The number of benzene rings is 1. The Labute approximate surface area is 152 Å². The molecule has 1 aromatic carbocycles. The van der Waals surface area contributed by atoms with E-state index in [1.165, 1.54) is 18.9 Å². The summed E-state index contributed by atoms with van der Waals surface area (Å²) < 4.78 is 25.8. The Morgan fingerprint density at radius 2 is 2.08 bits per heavy atom. The molecule has 4 nitrogen and oxygen atoms in total. The maximum absolute atomic E-state index is 14.6. The molecule has 1 aromatic heterocycles. The highest BCUT2D eigenvalue weighted by molar-refractivity contribution is 5.90. The highest BCUT2D eigenvalue weighted by atomic mass is 19.1. The van der Waals surface area contributed by atoms with Crippen LogP contribution in [0.1, 0.15) is 47.8 Å². The third-order valence-electron chi connectivity index (χ3n) is 5.08. The second-order valence-corrected chi connectivity index (χ2v) is 7.07. The zero-order valence-electron chi connectivity index (χ0n) is 15.0. The number of carbonyl (C=O) groups excluding carboxylic acids is 1. The molecule has 0 N–H and O–H groups in total. The molecule has 26 heavy (non-hydrogen) atoms. The number of aromatic nitrogens is 1. The van der Waals surface area contributed by atoms with Gasteiger partial charge in [0, 0.05) is 11.1 Å². The molecule has 0 saturated heterocycles. The maximum Gasteiger partial charge on any atom is 0.357 e. The van der Waals surface area contributed by atoms with Gasteiger partial charge >= 0.3 is 5.97 Å². The van der Waals surface area contributed by atoms with Crippen LogP contribution >= 0.6 is 0 Å². The number of pyridine rings is 1. The van der Waals surface area contributed by atoms with Crippen LogP contribution in [0.2, 0.25) is 0 Å². The molecule has 2 aromatic rings. The molecular formula is C21H22FNO3. The first-order valence-electron chi connectivity index (χ1n) is 9.21. The van der Waals surface area contributed by atoms with Gasteiger partial charge in [0.05, 0.1) is 6.61 Å². The van der Waals surface area contributed by atoms with Gasteiger partial charge in [-0.25, -0.2) is 14.2 Å². The van der Waals surface area contributed by atoms with E-state index < -0.39 is 5.97 Å². The standard InChI is InChI=1S/C21H22FNO3/c1-3-25-21(24)18-11-16(14-7-4-12(2)10-17(14)22)15-8-9-19(13-5-6-13)26-20(15)23-18/h4,7,10-11,13,19H,3,5-6,8-9H2,1-2H3. The van der Waals surface area contributed by atoms with Gasteiger partial charge in [0.1, 0.15) is 11.9 Å². The summed E-state index contributed by atoms with van der Waals surface area (Å²) in [4.78, 5) is 16.7. The number of aryl methyl sites for hydroxylation is 1. The Bertz CT molecular complexity index is 861. The lowest BCUT2D eigenvalue weighted by Crippen LogP contribution is -2.26. The molecule has 1 fully saturated rings. The van der Waals surface area contributed by atoms with E-state index in [2.05, 4.69) is 4.98 Å². The fraction of sp³-hybridized carbons (Fsp3) is 0.429. The lowest BCUT2D eigenvalue weighted by molar-refractivity contribution is 0.0516. The van der Waals surface area contributed by atoms with Crippen molar-refractivity contribution in [3.8, 4) is 17.0 Å². The lowest BCUT2D eigenvalue weighted by atomic mass is 9.92. The molecule has 1 aliphatic heterocycles. The average Bonchev–Trinajstić information content (AvgIpc) is 3.46. The molecule has 1 atom stereocenters. The van der Waals surface area contributed by atoms with Crippen LogP contribution in [0, 0.1) is 18.7 Å².